The maximum atomic E-state index is 10.9. The monoisotopic (exact) mass is 272 g/mol. The van der Waals surface area contributed by atoms with Crippen molar-refractivity contribution >= 4 is 11.7 Å². The average molecular weight is 272 g/mol. The molecule has 0 aliphatic carbocycles. The maximum Gasteiger partial charge on any atom is 0.377 e. The van der Waals surface area contributed by atoms with E-state index in [-0.39, 0.29) is 0 Å². The summed E-state index contributed by atoms with van der Waals surface area (Å²) in [6.45, 7) is 0. The summed E-state index contributed by atoms with van der Waals surface area (Å²) in [4.78, 5) is 19.2. The molecule has 2 amide bonds. The van der Waals surface area contributed by atoms with Gasteiger partial charge in [0.1, 0.15) is 5.75 Å². The van der Waals surface area contributed by atoms with Gasteiger partial charge in [0.25, 0.3) is 0 Å². The van der Waals surface area contributed by atoms with Crippen molar-refractivity contribution in [3.63, 3.8) is 0 Å². The third kappa shape index (κ3) is 3.05. The van der Waals surface area contributed by atoms with Crippen LogP contribution in [0, 0.1) is 5.53 Å². The molecule has 0 fully saturated rings. The smallest absolute Gasteiger partial charge is 0.377 e. The number of hydrazine groups is 1. The van der Waals surface area contributed by atoms with Crippen molar-refractivity contribution in [2.45, 2.75) is 0 Å². The fourth-order valence-corrected chi connectivity index (χ4v) is 1.53. The standard InChI is InChI=1S/C12H12N6O2/c1-20-10-7-8(11-14-5-2-6-15-11)3-4-9(10)17-18-12(19)16-13/h2-7,13,17H,1H3,(H,18,19). The molecular weight excluding hydrogens is 260 g/mol. The lowest BCUT2D eigenvalue weighted by Gasteiger charge is -2.11. The summed E-state index contributed by atoms with van der Waals surface area (Å²) >= 11 is 0. The van der Waals surface area contributed by atoms with Crippen LogP contribution < -0.4 is 15.6 Å². The summed E-state index contributed by atoms with van der Waals surface area (Å²) in [7, 11) is 1.51. The van der Waals surface area contributed by atoms with Gasteiger partial charge in [0.15, 0.2) is 5.82 Å². The second kappa shape index (κ2) is 6.23. The lowest BCUT2D eigenvalue weighted by molar-refractivity contribution is 0.249. The zero-order chi connectivity index (χ0) is 14.4. The van der Waals surface area contributed by atoms with Crippen LogP contribution in [0.5, 0.6) is 5.75 Å². The number of amides is 2. The normalized spacial score (nSPS) is 9.65. The van der Waals surface area contributed by atoms with E-state index < -0.39 is 6.03 Å². The van der Waals surface area contributed by atoms with Crippen molar-refractivity contribution < 1.29 is 9.53 Å². The van der Waals surface area contributed by atoms with Crippen LogP contribution in [0.15, 0.2) is 41.8 Å². The van der Waals surface area contributed by atoms with Gasteiger partial charge in [0.05, 0.1) is 12.8 Å². The molecule has 0 atom stereocenters. The molecule has 0 unspecified atom stereocenters. The van der Waals surface area contributed by atoms with Gasteiger partial charge in [-0.3, -0.25) is 5.43 Å². The Morgan fingerprint density at radius 1 is 1.35 bits per heavy atom. The molecule has 3 N–H and O–H groups in total. The summed E-state index contributed by atoms with van der Waals surface area (Å²) in [6.07, 6.45) is 3.30. The van der Waals surface area contributed by atoms with E-state index in [9.17, 15) is 4.79 Å². The average Bonchev–Trinajstić information content (AvgIpc) is 2.53. The SMILES string of the molecule is COc1cc(-c2ncccn2)ccc1NNC(=O)N=N. The predicted molar refractivity (Wildman–Crippen MR) is 71.3 cm³/mol. The molecular formula is C12H12N6O2. The number of urea groups is 1. The number of benzene rings is 1. The molecule has 8 nitrogen and oxygen atoms in total. The molecule has 8 heteroatoms. The van der Waals surface area contributed by atoms with Crippen molar-refractivity contribution in [2.75, 3.05) is 12.5 Å². The van der Waals surface area contributed by atoms with Crippen molar-refractivity contribution in [1.82, 2.24) is 15.4 Å². The molecule has 0 spiro atoms. The van der Waals surface area contributed by atoms with Gasteiger partial charge >= 0.3 is 6.03 Å². The molecule has 20 heavy (non-hydrogen) atoms. The Bertz CT molecular complexity index is 617. The highest BCUT2D eigenvalue weighted by Crippen LogP contribution is 2.28. The van der Waals surface area contributed by atoms with Crippen molar-refractivity contribution in [1.29, 1.82) is 5.53 Å². The maximum absolute atomic E-state index is 10.9. The highest BCUT2D eigenvalue weighted by molar-refractivity contribution is 5.76. The van der Waals surface area contributed by atoms with Crippen molar-refractivity contribution in [2.24, 2.45) is 5.11 Å². The number of hydrogen-bond donors (Lipinski definition) is 3. The molecule has 0 saturated carbocycles. The molecule has 1 heterocycles. The lowest BCUT2D eigenvalue weighted by atomic mass is 10.2. The Labute approximate surface area is 114 Å². The van der Waals surface area contributed by atoms with Crippen molar-refractivity contribution in [3.8, 4) is 17.1 Å². The molecule has 0 saturated heterocycles. The van der Waals surface area contributed by atoms with Gasteiger partial charge in [-0.15, -0.1) is 0 Å². The first-order valence-electron chi connectivity index (χ1n) is 5.63. The highest BCUT2D eigenvalue weighted by atomic mass is 16.5. The van der Waals surface area contributed by atoms with E-state index in [1.807, 2.05) is 0 Å². The van der Waals surface area contributed by atoms with Crippen LogP contribution in [-0.2, 0) is 0 Å². The number of carbonyl (C=O) groups excluding carboxylic acids is 1. The van der Waals surface area contributed by atoms with E-state index in [0.717, 1.165) is 5.56 Å². The van der Waals surface area contributed by atoms with Crippen LogP contribution in [0.1, 0.15) is 0 Å². The van der Waals surface area contributed by atoms with Gasteiger partial charge in [-0.05, 0) is 24.3 Å². The third-order valence-corrected chi connectivity index (χ3v) is 2.43. The fraction of sp³-hybridized carbons (Fsp3) is 0.0833. The number of hydrogen-bond acceptors (Lipinski definition) is 6. The molecule has 0 aliphatic rings. The summed E-state index contributed by atoms with van der Waals surface area (Å²) in [5, 5.41) is 2.70. The summed E-state index contributed by atoms with van der Waals surface area (Å²) < 4.78 is 5.23. The molecule has 2 aromatic rings. The zero-order valence-corrected chi connectivity index (χ0v) is 10.6. The fourth-order valence-electron chi connectivity index (χ4n) is 1.53. The first-order chi connectivity index (χ1) is 9.74. The molecule has 102 valence electrons. The van der Waals surface area contributed by atoms with Crippen LogP contribution in [0.3, 0.4) is 0 Å². The molecule has 1 aromatic heterocycles. The summed E-state index contributed by atoms with van der Waals surface area (Å²) in [5.41, 5.74) is 12.7. The van der Waals surface area contributed by atoms with Gasteiger partial charge in [0, 0.05) is 18.0 Å². The Morgan fingerprint density at radius 2 is 2.10 bits per heavy atom. The van der Waals surface area contributed by atoms with E-state index in [4.69, 9.17) is 10.3 Å². The molecule has 2 rings (SSSR count). The number of nitrogens with one attached hydrogen (secondary N) is 3. The van der Waals surface area contributed by atoms with E-state index in [1.165, 1.54) is 7.11 Å². The van der Waals surface area contributed by atoms with Gasteiger partial charge in [-0.2, -0.15) is 5.53 Å². The van der Waals surface area contributed by atoms with E-state index in [2.05, 4.69) is 25.9 Å². The van der Waals surface area contributed by atoms with E-state index in [1.54, 1.807) is 36.7 Å². The van der Waals surface area contributed by atoms with Crippen LogP contribution in [0.2, 0.25) is 0 Å². The Hall–Kier alpha value is -3.03. The number of methoxy groups -OCH3 is 1. The number of ether oxygens (including phenoxy) is 1. The molecule has 0 bridgehead atoms. The van der Waals surface area contributed by atoms with E-state index >= 15 is 0 Å². The van der Waals surface area contributed by atoms with Gasteiger partial charge in [-0.1, -0.05) is 5.11 Å². The Balaban J connectivity index is 2.24. The number of nitrogens with zero attached hydrogens (tertiary/aromatic N) is 3. The first-order valence-corrected chi connectivity index (χ1v) is 5.63. The van der Waals surface area contributed by atoms with Crippen LogP contribution >= 0.6 is 0 Å². The third-order valence-electron chi connectivity index (χ3n) is 2.43. The summed E-state index contributed by atoms with van der Waals surface area (Å²) in [6, 6.07) is 6.15. The molecule has 0 aliphatic heterocycles. The summed E-state index contributed by atoms with van der Waals surface area (Å²) in [5.74, 6) is 1.07. The Morgan fingerprint density at radius 3 is 2.75 bits per heavy atom. The molecule has 1 aromatic carbocycles. The minimum absolute atomic E-state index is 0.500. The number of anilines is 1. The molecule has 0 radical (unpaired) electrons. The second-order valence-corrected chi connectivity index (χ2v) is 3.65. The van der Waals surface area contributed by atoms with E-state index in [0.29, 0.717) is 17.3 Å². The first kappa shape index (κ1) is 13.4. The zero-order valence-electron chi connectivity index (χ0n) is 10.6. The quantitative estimate of drug-likeness (QED) is 0.583. The minimum atomic E-state index is -0.803. The number of aromatic nitrogens is 2. The van der Waals surface area contributed by atoms with Crippen LogP contribution in [-0.4, -0.2) is 23.1 Å². The number of carbonyl (C=O) groups is 1. The minimum Gasteiger partial charge on any atom is -0.494 e. The van der Waals surface area contributed by atoms with Gasteiger partial charge < -0.3 is 4.74 Å². The largest absolute Gasteiger partial charge is 0.494 e. The topological polar surface area (TPSA) is 112 Å². The van der Waals surface area contributed by atoms with Gasteiger partial charge in [-0.25, -0.2) is 20.2 Å². The van der Waals surface area contributed by atoms with Crippen molar-refractivity contribution in [3.05, 3.63) is 36.7 Å². The van der Waals surface area contributed by atoms with Crippen LogP contribution in [0.25, 0.3) is 11.4 Å². The lowest BCUT2D eigenvalue weighted by Crippen LogP contribution is -2.26. The highest BCUT2D eigenvalue weighted by Gasteiger charge is 2.08. The van der Waals surface area contributed by atoms with Crippen LogP contribution in [0.4, 0.5) is 10.5 Å². The van der Waals surface area contributed by atoms with Gasteiger partial charge in [0.2, 0.25) is 0 Å². The predicted octanol–water partition coefficient (Wildman–Crippen LogP) is 2.22. The second-order valence-electron chi connectivity index (χ2n) is 3.65. The Kier molecular flexibility index (Phi) is 4.17. The number of rotatable bonds is 4.